The number of nitrogens with two attached hydrogens (primary N) is 1. The predicted octanol–water partition coefficient (Wildman–Crippen LogP) is 4.37. The minimum Gasteiger partial charge on any atom is -0.371 e. The lowest BCUT2D eigenvalue weighted by molar-refractivity contribution is -0.120. The molecule has 3 N–H and O–H groups in total. The van der Waals surface area contributed by atoms with Crippen LogP contribution in [0.15, 0.2) is 24.3 Å². The Balaban J connectivity index is 0.00000156. The van der Waals surface area contributed by atoms with E-state index < -0.39 is 0 Å². The molecule has 1 heterocycles. The first-order chi connectivity index (χ1) is 11.2. The molecule has 0 radical (unpaired) electrons. The number of nitrogens with zero attached hydrogens (tertiary/aromatic N) is 1. The van der Waals surface area contributed by atoms with E-state index in [1.807, 2.05) is 12.1 Å². The maximum absolute atomic E-state index is 12.5. The van der Waals surface area contributed by atoms with Crippen LogP contribution in [0.3, 0.4) is 0 Å². The monoisotopic (exact) mass is 387 g/mol. The van der Waals surface area contributed by atoms with Crippen molar-refractivity contribution in [3.8, 4) is 0 Å². The molecule has 6 heteroatoms. The molecule has 1 aromatic rings. The molecule has 1 aliphatic carbocycles. The van der Waals surface area contributed by atoms with E-state index in [0.717, 1.165) is 44.5 Å². The Morgan fingerprint density at radius 2 is 1.76 bits per heavy atom. The van der Waals surface area contributed by atoms with Crippen molar-refractivity contribution in [3.63, 3.8) is 0 Å². The fourth-order valence-electron chi connectivity index (χ4n) is 3.82. The summed E-state index contributed by atoms with van der Waals surface area (Å²) >= 11 is 0. The Morgan fingerprint density at radius 1 is 1.04 bits per heavy atom. The number of halogens is 2. The molecule has 3 rings (SSSR count). The van der Waals surface area contributed by atoms with Crippen molar-refractivity contribution in [3.05, 3.63) is 24.3 Å². The number of carbonyl (C=O) groups is 1. The molecule has 2 atom stereocenters. The van der Waals surface area contributed by atoms with Gasteiger partial charge in [-0.25, -0.2) is 0 Å². The van der Waals surface area contributed by atoms with E-state index in [-0.39, 0.29) is 42.7 Å². The minimum atomic E-state index is 0. The Hall–Kier alpha value is -0.970. The van der Waals surface area contributed by atoms with Crippen LogP contribution in [0.2, 0.25) is 0 Å². The van der Waals surface area contributed by atoms with Gasteiger partial charge >= 0.3 is 0 Å². The van der Waals surface area contributed by atoms with Crippen molar-refractivity contribution in [1.82, 2.24) is 0 Å². The molecule has 1 saturated heterocycles. The third-order valence-corrected chi connectivity index (χ3v) is 5.17. The number of anilines is 2. The van der Waals surface area contributed by atoms with Crippen molar-refractivity contribution in [2.45, 2.75) is 57.4 Å². The predicted molar refractivity (Wildman–Crippen MR) is 110 cm³/mol. The van der Waals surface area contributed by atoms with Crippen LogP contribution in [0.5, 0.6) is 0 Å². The van der Waals surface area contributed by atoms with Crippen molar-refractivity contribution >= 4 is 42.1 Å². The third kappa shape index (κ3) is 6.36. The van der Waals surface area contributed by atoms with Gasteiger partial charge in [0.1, 0.15) is 0 Å². The van der Waals surface area contributed by atoms with Crippen LogP contribution in [-0.4, -0.2) is 25.0 Å². The van der Waals surface area contributed by atoms with Crippen LogP contribution in [0.25, 0.3) is 0 Å². The highest BCUT2D eigenvalue weighted by Crippen LogP contribution is 2.26. The number of amides is 1. The first-order valence-corrected chi connectivity index (χ1v) is 9.14. The molecule has 2 fully saturated rings. The summed E-state index contributed by atoms with van der Waals surface area (Å²) < 4.78 is 0. The highest BCUT2D eigenvalue weighted by Gasteiger charge is 2.25. The summed E-state index contributed by atoms with van der Waals surface area (Å²) in [6, 6.07) is 8.48. The Kier molecular flexibility index (Phi) is 9.62. The molecular formula is C19H31Cl2N3O. The molecule has 2 unspecified atom stereocenters. The van der Waals surface area contributed by atoms with Gasteiger partial charge in [-0.15, -0.1) is 24.8 Å². The van der Waals surface area contributed by atoms with Gasteiger partial charge in [0.25, 0.3) is 0 Å². The summed E-state index contributed by atoms with van der Waals surface area (Å²) in [4.78, 5) is 14.9. The highest BCUT2D eigenvalue weighted by atomic mass is 35.5. The third-order valence-electron chi connectivity index (χ3n) is 5.17. The fourth-order valence-corrected chi connectivity index (χ4v) is 3.82. The summed E-state index contributed by atoms with van der Waals surface area (Å²) in [5.41, 5.74) is 8.15. The van der Waals surface area contributed by atoms with Gasteiger partial charge in [-0.3, -0.25) is 4.79 Å². The van der Waals surface area contributed by atoms with Gasteiger partial charge in [-0.1, -0.05) is 25.3 Å². The van der Waals surface area contributed by atoms with Crippen molar-refractivity contribution in [2.24, 2.45) is 11.7 Å². The Morgan fingerprint density at radius 3 is 2.44 bits per heavy atom. The second-order valence-electron chi connectivity index (χ2n) is 7.06. The molecule has 0 bridgehead atoms. The first kappa shape index (κ1) is 22.1. The number of hydrogen-bond donors (Lipinski definition) is 2. The fraction of sp³-hybridized carbons (Fsp3) is 0.632. The van der Waals surface area contributed by atoms with Gasteiger partial charge in [0, 0.05) is 36.4 Å². The summed E-state index contributed by atoms with van der Waals surface area (Å²) in [6.45, 7) is 2.24. The molecule has 0 aromatic heterocycles. The topological polar surface area (TPSA) is 58.4 Å². The van der Waals surface area contributed by atoms with E-state index in [1.54, 1.807) is 0 Å². The van der Waals surface area contributed by atoms with Gasteiger partial charge in [0.2, 0.25) is 5.91 Å². The maximum Gasteiger partial charge on any atom is 0.227 e. The summed E-state index contributed by atoms with van der Waals surface area (Å²) in [5.74, 6) is 0.203. The van der Waals surface area contributed by atoms with Gasteiger partial charge in [-0.2, -0.15) is 0 Å². The van der Waals surface area contributed by atoms with Gasteiger partial charge in [-0.05, 0) is 50.3 Å². The van der Waals surface area contributed by atoms with Gasteiger partial charge < -0.3 is 16.0 Å². The molecule has 1 aromatic carbocycles. The van der Waals surface area contributed by atoms with Crippen LogP contribution in [0.4, 0.5) is 11.4 Å². The molecule has 4 nitrogen and oxygen atoms in total. The van der Waals surface area contributed by atoms with Crippen molar-refractivity contribution in [1.29, 1.82) is 0 Å². The van der Waals surface area contributed by atoms with Gasteiger partial charge in [0.15, 0.2) is 0 Å². The van der Waals surface area contributed by atoms with Crippen LogP contribution >= 0.6 is 24.8 Å². The molecule has 25 heavy (non-hydrogen) atoms. The standard InChI is InChI=1S/C19H29N3O.2ClH/c20-16-8-5-7-15(13-16)19(23)21-17-9-6-10-18(14-17)22-11-3-1-2-4-12-22;;/h6,9-10,14-16H,1-5,7-8,11-13,20H2,(H,21,23);2*1H. The second kappa shape index (κ2) is 10.9. The zero-order valence-electron chi connectivity index (χ0n) is 14.8. The van der Waals surface area contributed by atoms with Crippen LogP contribution < -0.4 is 16.0 Å². The number of nitrogens with one attached hydrogen (secondary N) is 1. The first-order valence-electron chi connectivity index (χ1n) is 9.14. The molecule has 1 saturated carbocycles. The lowest BCUT2D eigenvalue weighted by atomic mass is 9.85. The summed E-state index contributed by atoms with van der Waals surface area (Å²) in [7, 11) is 0. The second-order valence-corrected chi connectivity index (χ2v) is 7.06. The van der Waals surface area contributed by atoms with E-state index in [9.17, 15) is 4.79 Å². The molecule has 0 spiro atoms. The summed E-state index contributed by atoms with van der Waals surface area (Å²) in [6.07, 6.45) is 9.07. The maximum atomic E-state index is 12.5. The van der Waals surface area contributed by atoms with Crippen molar-refractivity contribution in [2.75, 3.05) is 23.3 Å². The van der Waals surface area contributed by atoms with E-state index in [1.165, 1.54) is 31.4 Å². The average molecular weight is 388 g/mol. The molecular weight excluding hydrogens is 357 g/mol. The summed E-state index contributed by atoms with van der Waals surface area (Å²) in [5, 5.41) is 3.11. The van der Waals surface area contributed by atoms with E-state index in [0.29, 0.717) is 0 Å². The van der Waals surface area contributed by atoms with Crippen LogP contribution in [-0.2, 0) is 4.79 Å². The van der Waals surface area contributed by atoms with Crippen LogP contribution in [0.1, 0.15) is 51.4 Å². The minimum absolute atomic E-state index is 0. The van der Waals surface area contributed by atoms with Crippen LogP contribution in [0, 0.1) is 5.92 Å². The highest BCUT2D eigenvalue weighted by molar-refractivity contribution is 5.93. The molecule has 2 aliphatic rings. The van der Waals surface area contributed by atoms with E-state index in [2.05, 4.69) is 22.3 Å². The molecule has 1 aliphatic heterocycles. The number of hydrogen-bond acceptors (Lipinski definition) is 3. The number of carbonyl (C=O) groups excluding carboxylic acids is 1. The van der Waals surface area contributed by atoms with E-state index >= 15 is 0 Å². The number of benzene rings is 1. The van der Waals surface area contributed by atoms with Crippen molar-refractivity contribution < 1.29 is 4.79 Å². The average Bonchev–Trinajstić information content (AvgIpc) is 2.84. The smallest absolute Gasteiger partial charge is 0.227 e. The SMILES string of the molecule is Cl.Cl.NC1CCCC(C(=O)Nc2cccc(N3CCCCCC3)c2)C1. The quantitative estimate of drug-likeness (QED) is 0.809. The number of rotatable bonds is 3. The lowest BCUT2D eigenvalue weighted by Crippen LogP contribution is -2.34. The lowest BCUT2D eigenvalue weighted by Gasteiger charge is -2.26. The largest absolute Gasteiger partial charge is 0.371 e. The zero-order chi connectivity index (χ0) is 16.1. The Labute approximate surface area is 163 Å². The normalized spacial score (nSPS) is 23.6. The van der Waals surface area contributed by atoms with Gasteiger partial charge in [0.05, 0.1) is 0 Å². The molecule has 142 valence electrons. The Bertz CT molecular complexity index is 533. The zero-order valence-corrected chi connectivity index (χ0v) is 16.4. The van der Waals surface area contributed by atoms with E-state index in [4.69, 9.17) is 5.73 Å². The molecule has 1 amide bonds.